The summed E-state index contributed by atoms with van der Waals surface area (Å²) in [6, 6.07) is 13.0. The Balaban J connectivity index is 1.70. The largest absolute Gasteiger partial charge is 0.484 e. The molecule has 1 aliphatic heterocycles. The van der Waals surface area contributed by atoms with Crippen LogP contribution in [0.15, 0.2) is 42.5 Å². The summed E-state index contributed by atoms with van der Waals surface area (Å²) in [6.45, 7) is 3.88. The van der Waals surface area contributed by atoms with Crippen molar-refractivity contribution >= 4 is 22.9 Å². The fourth-order valence-electron chi connectivity index (χ4n) is 2.35. The molecular formula is C17H16N2O3S. The van der Waals surface area contributed by atoms with Crippen molar-refractivity contribution in [2.45, 2.75) is 25.2 Å². The molecule has 5 nitrogen and oxygen atoms in total. The Morgan fingerprint density at radius 1 is 1.17 bits per heavy atom. The number of rotatable bonds is 4. The lowest BCUT2D eigenvalue weighted by molar-refractivity contribution is -0.119. The highest BCUT2D eigenvalue weighted by Gasteiger charge is 2.32. The van der Waals surface area contributed by atoms with Gasteiger partial charge in [-0.1, -0.05) is 18.2 Å². The summed E-state index contributed by atoms with van der Waals surface area (Å²) in [5.41, 5.74) is 2.60. The number of nitrogens with zero attached hydrogens (tertiary/aromatic N) is 1. The lowest BCUT2D eigenvalue weighted by Crippen LogP contribution is -2.20. The minimum Gasteiger partial charge on any atom is -0.484 e. The zero-order valence-corrected chi connectivity index (χ0v) is 13.6. The predicted molar refractivity (Wildman–Crippen MR) is 88.3 cm³/mol. The molecule has 118 valence electrons. The van der Waals surface area contributed by atoms with E-state index < -0.39 is 5.25 Å². The van der Waals surface area contributed by atoms with E-state index in [1.54, 1.807) is 12.1 Å². The number of pyridine rings is 1. The molecule has 2 aromatic rings. The van der Waals surface area contributed by atoms with Gasteiger partial charge in [0, 0.05) is 5.69 Å². The number of hydrogen-bond donors (Lipinski definition) is 1. The Bertz CT molecular complexity index is 746. The van der Waals surface area contributed by atoms with Gasteiger partial charge in [-0.25, -0.2) is 0 Å². The second-order valence-corrected chi connectivity index (χ2v) is 6.39. The summed E-state index contributed by atoms with van der Waals surface area (Å²) in [6.07, 6.45) is -0.175. The van der Waals surface area contributed by atoms with Gasteiger partial charge in [-0.2, -0.15) is 0 Å². The average Bonchev–Trinajstić information content (AvgIpc) is 2.86. The van der Waals surface area contributed by atoms with Crippen molar-refractivity contribution in [2.75, 3.05) is 0 Å². The van der Waals surface area contributed by atoms with Crippen LogP contribution in [0.4, 0.5) is 4.79 Å². The SMILES string of the molecule is Cc1cccc(C(C)Oc2ccc(C3SC(=O)NC3=O)cc2)n1. The Labute approximate surface area is 138 Å². The van der Waals surface area contributed by atoms with E-state index in [2.05, 4.69) is 10.3 Å². The molecule has 0 radical (unpaired) electrons. The molecule has 1 aromatic carbocycles. The van der Waals surface area contributed by atoms with Crippen LogP contribution in [-0.2, 0) is 4.79 Å². The third kappa shape index (κ3) is 3.53. The average molecular weight is 328 g/mol. The van der Waals surface area contributed by atoms with E-state index in [9.17, 15) is 9.59 Å². The number of amides is 2. The molecule has 2 unspecified atom stereocenters. The third-order valence-electron chi connectivity index (χ3n) is 3.51. The van der Waals surface area contributed by atoms with Gasteiger partial charge in [-0.15, -0.1) is 0 Å². The van der Waals surface area contributed by atoms with E-state index in [4.69, 9.17) is 4.74 Å². The van der Waals surface area contributed by atoms with E-state index in [0.29, 0.717) is 5.75 Å². The molecule has 2 atom stereocenters. The highest BCUT2D eigenvalue weighted by Crippen LogP contribution is 2.35. The minimum absolute atomic E-state index is 0.175. The first-order valence-corrected chi connectivity index (χ1v) is 8.12. The molecule has 0 bridgehead atoms. The van der Waals surface area contributed by atoms with E-state index >= 15 is 0 Å². The van der Waals surface area contributed by atoms with Crippen LogP contribution in [-0.4, -0.2) is 16.1 Å². The molecule has 1 aliphatic rings. The molecule has 1 saturated heterocycles. The lowest BCUT2D eigenvalue weighted by Gasteiger charge is -2.15. The van der Waals surface area contributed by atoms with Gasteiger partial charge in [0.25, 0.3) is 5.24 Å². The second-order valence-electron chi connectivity index (χ2n) is 5.31. The topological polar surface area (TPSA) is 68.3 Å². The van der Waals surface area contributed by atoms with Crippen molar-refractivity contribution in [3.63, 3.8) is 0 Å². The van der Waals surface area contributed by atoms with Crippen LogP contribution in [0.2, 0.25) is 0 Å². The third-order valence-corrected chi connectivity index (χ3v) is 4.55. The van der Waals surface area contributed by atoms with Gasteiger partial charge in [0.15, 0.2) is 0 Å². The molecule has 0 spiro atoms. The number of carbonyl (C=O) groups excluding carboxylic acids is 2. The zero-order chi connectivity index (χ0) is 16.4. The molecule has 23 heavy (non-hydrogen) atoms. The first kappa shape index (κ1) is 15.6. The summed E-state index contributed by atoms with van der Waals surface area (Å²) in [5, 5.41) is 1.50. The van der Waals surface area contributed by atoms with Crippen LogP contribution in [0.5, 0.6) is 5.75 Å². The molecule has 2 heterocycles. The van der Waals surface area contributed by atoms with Gasteiger partial charge in [0.1, 0.15) is 17.1 Å². The molecule has 1 fully saturated rings. The Kier molecular flexibility index (Phi) is 4.34. The first-order valence-electron chi connectivity index (χ1n) is 7.24. The number of aryl methyl sites for hydroxylation is 1. The van der Waals surface area contributed by atoms with Crippen molar-refractivity contribution in [1.82, 2.24) is 10.3 Å². The van der Waals surface area contributed by atoms with Gasteiger partial charge >= 0.3 is 0 Å². The highest BCUT2D eigenvalue weighted by atomic mass is 32.2. The van der Waals surface area contributed by atoms with E-state index in [1.165, 1.54) is 0 Å². The number of hydrogen-bond acceptors (Lipinski definition) is 5. The molecular weight excluding hydrogens is 312 g/mol. The number of carbonyl (C=O) groups is 2. The maximum absolute atomic E-state index is 11.7. The van der Waals surface area contributed by atoms with Gasteiger partial charge in [0.05, 0.1) is 5.69 Å². The molecule has 0 aliphatic carbocycles. The van der Waals surface area contributed by atoms with Crippen LogP contribution in [0, 0.1) is 6.92 Å². The number of aromatic nitrogens is 1. The standard InChI is InChI=1S/C17H16N2O3S/c1-10-4-3-5-14(18-10)11(2)22-13-8-6-12(7-9-13)15-16(20)19-17(21)23-15/h3-9,11,15H,1-2H3,(H,19,20,21). The molecule has 1 aromatic heterocycles. The van der Waals surface area contributed by atoms with Crippen molar-refractivity contribution in [2.24, 2.45) is 0 Å². The summed E-state index contributed by atoms with van der Waals surface area (Å²) in [4.78, 5) is 27.4. The number of benzene rings is 1. The Morgan fingerprint density at radius 2 is 1.91 bits per heavy atom. The van der Waals surface area contributed by atoms with Crippen molar-refractivity contribution in [3.8, 4) is 5.75 Å². The minimum atomic E-state index is -0.479. The summed E-state index contributed by atoms with van der Waals surface area (Å²) < 4.78 is 5.88. The van der Waals surface area contributed by atoms with Crippen LogP contribution in [0.1, 0.15) is 35.2 Å². The quantitative estimate of drug-likeness (QED) is 0.929. The van der Waals surface area contributed by atoms with Crippen molar-refractivity contribution < 1.29 is 14.3 Å². The number of thioether (sulfide) groups is 1. The summed E-state index contributed by atoms with van der Waals surface area (Å²) in [7, 11) is 0. The second kappa shape index (κ2) is 6.42. The zero-order valence-electron chi connectivity index (χ0n) is 12.8. The molecule has 3 rings (SSSR count). The van der Waals surface area contributed by atoms with E-state index in [-0.39, 0.29) is 17.3 Å². The summed E-state index contributed by atoms with van der Waals surface area (Å²) in [5.74, 6) is 0.422. The van der Waals surface area contributed by atoms with Gasteiger partial charge in [0.2, 0.25) is 5.91 Å². The first-order chi connectivity index (χ1) is 11.0. The van der Waals surface area contributed by atoms with Crippen molar-refractivity contribution in [3.05, 3.63) is 59.4 Å². The Hall–Kier alpha value is -2.34. The lowest BCUT2D eigenvalue weighted by atomic mass is 10.1. The van der Waals surface area contributed by atoms with Crippen LogP contribution >= 0.6 is 11.8 Å². The molecule has 1 N–H and O–H groups in total. The fourth-order valence-corrected chi connectivity index (χ4v) is 3.18. The summed E-state index contributed by atoms with van der Waals surface area (Å²) >= 11 is 0.995. The number of ether oxygens (including phenoxy) is 1. The van der Waals surface area contributed by atoms with E-state index in [1.807, 2.05) is 44.2 Å². The van der Waals surface area contributed by atoms with Crippen LogP contribution in [0.3, 0.4) is 0 Å². The Morgan fingerprint density at radius 3 is 2.52 bits per heavy atom. The number of nitrogens with one attached hydrogen (secondary N) is 1. The van der Waals surface area contributed by atoms with Crippen molar-refractivity contribution in [1.29, 1.82) is 0 Å². The molecule has 0 saturated carbocycles. The fraction of sp³-hybridized carbons (Fsp3) is 0.235. The number of imide groups is 1. The normalized spacial score (nSPS) is 18.6. The van der Waals surface area contributed by atoms with Gasteiger partial charge in [-0.3, -0.25) is 19.9 Å². The smallest absolute Gasteiger partial charge is 0.286 e. The molecule has 2 amide bonds. The monoisotopic (exact) mass is 328 g/mol. The highest BCUT2D eigenvalue weighted by molar-refractivity contribution is 8.15. The van der Waals surface area contributed by atoms with Crippen LogP contribution < -0.4 is 10.1 Å². The maximum Gasteiger partial charge on any atom is 0.286 e. The van der Waals surface area contributed by atoms with Gasteiger partial charge in [-0.05, 0) is 55.4 Å². The predicted octanol–water partition coefficient (Wildman–Crippen LogP) is 3.55. The van der Waals surface area contributed by atoms with E-state index in [0.717, 1.165) is 28.7 Å². The molecule has 6 heteroatoms. The van der Waals surface area contributed by atoms with Crippen LogP contribution in [0.25, 0.3) is 0 Å². The maximum atomic E-state index is 11.7. The van der Waals surface area contributed by atoms with Gasteiger partial charge < -0.3 is 4.74 Å².